The lowest BCUT2D eigenvalue weighted by molar-refractivity contribution is -0.138. The number of carbonyl (C=O) groups is 3. The van der Waals surface area contributed by atoms with Crippen molar-refractivity contribution in [1.29, 1.82) is 0 Å². The molecule has 0 spiro atoms. The minimum atomic E-state index is -1.02. The van der Waals surface area contributed by atoms with Crippen LogP contribution in [0.15, 0.2) is 109 Å². The lowest BCUT2D eigenvalue weighted by Crippen LogP contribution is -2.34. The van der Waals surface area contributed by atoms with E-state index < -0.39 is 12.0 Å². The monoisotopic (exact) mass is 634 g/mol. The fourth-order valence-corrected chi connectivity index (χ4v) is 5.48. The van der Waals surface area contributed by atoms with Crippen molar-refractivity contribution in [2.45, 2.75) is 70.9 Å². The van der Waals surface area contributed by atoms with Gasteiger partial charge in [-0.2, -0.15) is 0 Å². The molecule has 0 aromatic heterocycles. The summed E-state index contributed by atoms with van der Waals surface area (Å²) in [5, 5.41) is 13.1. The Hall–Kier alpha value is -4.91. The van der Waals surface area contributed by atoms with E-state index in [0.717, 1.165) is 24.0 Å². The van der Waals surface area contributed by atoms with Gasteiger partial charge in [0.2, 0.25) is 5.91 Å². The van der Waals surface area contributed by atoms with Gasteiger partial charge >= 0.3 is 5.97 Å². The molecule has 0 heterocycles. The lowest BCUT2D eigenvalue weighted by Gasteiger charge is -2.23. The molecule has 1 amide bonds. The number of nitrogens with one attached hydrogen (secondary N) is 1. The second-order valence-corrected chi connectivity index (χ2v) is 11.8. The van der Waals surface area contributed by atoms with Crippen LogP contribution in [0, 0.1) is 0 Å². The van der Waals surface area contributed by atoms with E-state index >= 15 is 0 Å². The summed E-state index contributed by atoms with van der Waals surface area (Å²) in [6.45, 7) is 3.56. The first kappa shape index (κ1) is 35.0. The molecule has 0 aliphatic carbocycles. The maximum absolute atomic E-state index is 13.1. The number of rotatable bonds is 20. The Morgan fingerprint density at radius 2 is 1.38 bits per heavy atom. The fraction of sp³-hybridized carbons (Fsp3) is 0.325. The van der Waals surface area contributed by atoms with Crippen LogP contribution in [0.5, 0.6) is 5.75 Å². The summed E-state index contributed by atoms with van der Waals surface area (Å²) in [7, 11) is 0. The minimum Gasteiger partial charge on any atom is -0.492 e. The van der Waals surface area contributed by atoms with E-state index in [1.807, 2.05) is 65.6 Å². The average Bonchev–Trinajstić information content (AvgIpc) is 3.10. The highest BCUT2D eigenvalue weighted by Crippen LogP contribution is 2.22. The van der Waals surface area contributed by atoms with Gasteiger partial charge in [0.05, 0.1) is 6.54 Å². The molecule has 0 aliphatic rings. The number of carbonyl (C=O) groups excluding carboxylic acids is 2. The standard InChI is InChI=1S/C40H46N2O5/c1-2-3-4-5-6-13-22-38(43)42(30-32-16-9-7-10-17-32)27-28-47-34-25-23-31(24-26-34)29-37(40(45)46)41-36-21-15-14-20-35(36)39(44)33-18-11-8-12-19-33/h7-12,14-21,23-26,37,41H,2-6,13,22,27-30H2,1H3,(H,45,46)/t37-/m0/s1. The Bertz CT molecular complexity index is 1540. The quantitative estimate of drug-likeness (QED) is 0.0752. The van der Waals surface area contributed by atoms with Gasteiger partial charge in [0.1, 0.15) is 18.4 Å². The van der Waals surface area contributed by atoms with Crippen LogP contribution < -0.4 is 10.1 Å². The molecule has 246 valence electrons. The van der Waals surface area contributed by atoms with Gasteiger partial charge in [0.15, 0.2) is 5.78 Å². The minimum absolute atomic E-state index is 0.141. The smallest absolute Gasteiger partial charge is 0.326 e. The van der Waals surface area contributed by atoms with Crippen LogP contribution in [-0.4, -0.2) is 46.9 Å². The van der Waals surface area contributed by atoms with E-state index in [1.54, 1.807) is 48.5 Å². The maximum Gasteiger partial charge on any atom is 0.326 e. The number of ether oxygens (including phenoxy) is 1. The number of aliphatic carboxylic acids is 1. The highest BCUT2D eigenvalue weighted by Gasteiger charge is 2.21. The second-order valence-electron chi connectivity index (χ2n) is 11.8. The van der Waals surface area contributed by atoms with E-state index in [2.05, 4.69) is 12.2 Å². The molecule has 47 heavy (non-hydrogen) atoms. The molecule has 2 N–H and O–H groups in total. The Kier molecular flexibility index (Phi) is 14.1. The van der Waals surface area contributed by atoms with Crippen LogP contribution in [0.4, 0.5) is 5.69 Å². The summed E-state index contributed by atoms with van der Waals surface area (Å²) in [4.78, 5) is 40.4. The van der Waals surface area contributed by atoms with Gasteiger partial charge < -0.3 is 20.1 Å². The van der Waals surface area contributed by atoms with Crippen molar-refractivity contribution in [3.05, 3.63) is 131 Å². The maximum atomic E-state index is 13.1. The average molecular weight is 635 g/mol. The molecule has 0 fully saturated rings. The predicted molar refractivity (Wildman–Crippen MR) is 187 cm³/mol. The molecule has 0 saturated heterocycles. The van der Waals surface area contributed by atoms with Crippen molar-refractivity contribution in [2.24, 2.45) is 0 Å². The zero-order valence-corrected chi connectivity index (χ0v) is 27.3. The van der Waals surface area contributed by atoms with E-state index in [0.29, 0.717) is 48.7 Å². The normalized spacial score (nSPS) is 11.4. The van der Waals surface area contributed by atoms with E-state index in [4.69, 9.17) is 4.74 Å². The molecule has 0 aliphatic heterocycles. The highest BCUT2D eigenvalue weighted by atomic mass is 16.5. The molecular formula is C40H46N2O5. The molecule has 0 bridgehead atoms. The highest BCUT2D eigenvalue weighted by molar-refractivity contribution is 6.12. The van der Waals surface area contributed by atoms with Crippen LogP contribution >= 0.6 is 0 Å². The molecular weight excluding hydrogens is 588 g/mol. The predicted octanol–water partition coefficient (Wildman–Crippen LogP) is 8.18. The molecule has 4 rings (SSSR count). The number of benzene rings is 4. The number of hydrogen-bond acceptors (Lipinski definition) is 5. The summed E-state index contributed by atoms with van der Waals surface area (Å²) >= 11 is 0. The number of hydrogen-bond donors (Lipinski definition) is 2. The third-order valence-corrected chi connectivity index (χ3v) is 8.14. The molecule has 4 aromatic rings. The van der Waals surface area contributed by atoms with Crippen LogP contribution in [0.3, 0.4) is 0 Å². The summed E-state index contributed by atoms with van der Waals surface area (Å²) in [6, 6.07) is 32.3. The number of carboxylic acids is 1. The van der Waals surface area contributed by atoms with Crippen molar-refractivity contribution in [3.8, 4) is 5.75 Å². The summed E-state index contributed by atoms with van der Waals surface area (Å²) in [6.07, 6.45) is 7.57. The van der Waals surface area contributed by atoms with E-state index in [1.165, 1.54) is 25.7 Å². The van der Waals surface area contributed by atoms with Gasteiger partial charge in [-0.25, -0.2) is 4.79 Å². The van der Waals surface area contributed by atoms with Gasteiger partial charge in [0.25, 0.3) is 0 Å². The third kappa shape index (κ3) is 11.4. The van der Waals surface area contributed by atoms with Crippen LogP contribution in [0.1, 0.15) is 78.9 Å². The van der Waals surface area contributed by atoms with Gasteiger partial charge in [0, 0.05) is 36.2 Å². The van der Waals surface area contributed by atoms with Gasteiger partial charge in [-0.3, -0.25) is 9.59 Å². The number of unbranched alkanes of at least 4 members (excludes halogenated alkanes) is 5. The summed E-state index contributed by atoms with van der Waals surface area (Å²) < 4.78 is 6.02. The first-order valence-electron chi connectivity index (χ1n) is 16.7. The molecule has 7 heteroatoms. The van der Waals surface area contributed by atoms with Gasteiger partial charge in [-0.1, -0.05) is 124 Å². The molecule has 0 saturated carbocycles. The molecule has 4 aromatic carbocycles. The fourth-order valence-electron chi connectivity index (χ4n) is 5.48. The molecule has 0 radical (unpaired) electrons. The van der Waals surface area contributed by atoms with Crippen molar-refractivity contribution in [3.63, 3.8) is 0 Å². The van der Waals surface area contributed by atoms with E-state index in [9.17, 15) is 19.5 Å². The molecule has 1 atom stereocenters. The first-order valence-corrected chi connectivity index (χ1v) is 16.7. The zero-order valence-electron chi connectivity index (χ0n) is 27.3. The lowest BCUT2D eigenvalue weighted by atomic mass is 10.00. The van der Waals surface area contributed by atoms with Crippen molar-refractivity contribution < 1.29 is 24.2 Å². The number of nitrogens with zero attached hydrogens (tertiary/aromatic N) is 1. The largest absolute Gasteiger partial charge is 0.492 e. The van der Waals surface area contributed by atoms with Crippen molar-refractivity contribution in [2.75, 3.05) is 18.5 Å². The van der Waals surface area contributed by atoms with E-state index in [-0.39, 0.29) is 18.1 Å². The van der Waals surface area contributed by atoms with Crippen LogP contribution in [0.2, 0.25) is 0 Å². The van der Waals surface area contributed by atoms with Crippen molar-refractivity contribution >= 4 is 23.3 Å². The Morgan fingerprint density at radius 1 is 0.745 bits per heavy atom. The second kappa shape index (κ2) is 18.9. The SMILES string of the molecule is CCCCCCCCC(=O)N(CCOc1ccc(C[C@H](Nc2ccccc2C(=O)c2ccccc2)C(=O)O)cc1)Cc1ccccc1. The number of anilines is 1. The number of ketones is 1. The molecule has 7 nitrogen and oxygen atoms in total. The third-order valence-electron chi connectivity index (χ3n) is 8.14. The summed E-state index contributed by atoms with van der Waals surface area (Å²) in [5.41, 5.74) is 3.32. The number of para-hydroxylation sites is 1. The zero-order chi connectivity index (χ0) is 33.3. The Morgan fingerprint density at radius 3 is 2.09 bits per heavy atom. The van der Waals surface area contributed by atoms with Crippen LogP contribution in [-0.2, 0) is 22.6 Å². The van der Waals surface area contributed by atoms with Gasteiger partial charge in [-0.05, 0) is 41.8 Å². The topological polar surface area (TPSA) is 95.9 Å². The van der Waals surface area contributed by atoms with Crippen LogP contribution in [0.25, 0.3) is 0 Å². The Labute approximate surface area is 278 Å². The first-order chi connectivity index (χ1) is 22.9. The van der Waals surface area contributed by atoms with Gasteiger partial charge in [-0.15, -0.1) is 0 Å². The molecule has 0 unspecified atom stereocenters. The van der Waals surface area contributed by atoms with Crippen molar-refractivity contribution in [1.82, 2.24) is 4.90 Å². The number of carboxylic acid groups (broad SMARTS) is 1. The number of amides is 1. The Balaban J connectivity index is 1.32. The summed E-state index contributed by atoms with van der Waals surface area (Å²) in [5.74, 6) is -0.403.